The summed E-state index contributed by atoms with van der Waals surface area (Å²) >= 11 is 0. The molecule has 1 heterocycles. The topological polar surface area (TPSA) is 102 Å². The lowest BCUT2D eigenvalue weighted by Crippen LogP contribution is -2.39. The van der Waals surface area contributed by atoms with E-state index in [1.807, 2.05) is 57.2 Å². The van der Waals surface area contributed by atoms with Gasteiger partial charge in [-0.15, -0.1) is 0 Å². The maximum Gasteiger partial charge on any atom is 0.264 e. The average molecular weight is 561 g/mol. The third-order valence-electron chi connectivity index (χ3n) is 6.43. The fraction of sp³-hybridized carbons (Fsp3) is 0.200. The number of amides is 1. The van der Waals surface area contributed by atoms with Crippen molar-refractivity contribution in [3.05, 3.63) is 101 Å². The van der Waals surface area contributed by atoms with Crippen molar-refractivity contribution in [1.82, 2.24) is 9.99 Å². The summed E-state index contributed by atoms with van der Waals surface area (Å²) in [6.45, 7) is 5.37. The second-order valence-electron chi connectivity index (χ2n) is 9.15. The number of para-hydroxylation sites is 1. The zero-order valence-electron chi connectivity index (χ0n) is 23.1. The van der Waals surface area contributed by atoms with Crippen LogP contribution in [0, 0.1) is 20.8 Å². The molecule has 4 aromatic rings. The molecule has 0 saturated carbocycles. The number of hydrogen-bond acceptors (Lipinski definition) is 6. The van der Waals surface area contributed by atoms with Crippen LogP contribution >= 0.6 is 0 Å². The van der Waals surface area contributed by atoms with Crippen molar-refractivity contribution in [1.29, 1.82) is 0 Å². The first-order valence-corrected chi connectivity index (χ1v) is 14.0. The SMILES string of the molecule is COc1ccc(S(=O)(=O)N(CC(=O)N/N=C\c2cc(C)n(-c3ccccc3)c2C)c2ccc(C)cc2)cc1OC. The van der Waals surface area contributed by atoms with Gasteiger partial charge in [0.25, 0.3) is 15.9 Å². The van der Waals surface area contributed by atoms with Gasteiger partial charge < -0.3 is 14.0 Å². The molecule has 208 valence electrons. The molecule has 3 aromatic carbocycles. The molecule has 9 nitrogen and oxygen atoms in total. The fourth-order valence-electron chi connectivity index (χ4n) is 4.36. The van der Waals surface area contributed by atoms with Gasteiger partial charge in [0, 0.05) is 28.7 Å². The van der Waals surface area contributed by atoms with Gasteiger partial charge in [-0.05, 0) is 63.2 Å². The minimum absolute atomic E-state index is 0.0459. The molecule has 1 aromatic heterocycles. The lowest BCUT2D eigenvalue weighted by Gasteiger charge is -2.24. The van der Waals surface area contributed by atoms with E-state index < -0.39 is 22.5 Å². The van der Waals surface area contributed by atoms with Gasteiger partial charge in [-0.2, -0.15) is 5.10 Å². The van der Waals surface area contributed by atoms with E-state index in [0.29, 0.717) is 11.4 Å². The van der Waals surface area contributed by atoms with E-state index in [2.05, 4.69) is 15.1 Å². The number of methoxy groups -OCH3 is 2. The van der Waals surface area contributed by atoms with Crippen molar-refractivity contribution >= 4 is 27.8 Å². The Morgan fingerprint density at radius 2 is 1.60 bits per heavy atom. The summed E-state index contributed by atoms with van der Waals surface area (Å²) in [4.78, 5) is 12.9. The number of sulfonamides is 1. The second-order valence-corrected chi connectivity index (χ2v) is 11.0. The number of carbonyl (C=O) groups excluding carboxylic acids is 1. The number of nitrogens with one attached hydrogen (secondary N) is 1. The molecule has 0 aliphatic rings. The number of hydrogen-bond donors (Lipinski definition) is 1. The standard InChI is InChI=1S/C30H32N4O5S/c1-21-11-13-25(14-12-21)33(40(36,37)27-15-16-28(38-4)29(18-27)39-5)20-30(35)32-31-19-24-17-22(2)34(23(24)3)26-9-7-6-8-10-26/h6-19H,20H2,1-5H3,(H,32,35)/b31-19-. The highest BCUT2D eigenvalue weighted by Crippen LogP contribution is 2.32. The maximum atomic E-state index is 13.7. The number of rotatable bonds is 10. The summed E-state index contributed by atoms with van der Waals surface area (Å²) in [5.41, 5.74) is 7.59. The number of nitrogens with zero attached hydrogens (tertiary/aromatic N) is 3. The number of carbonyl (C=O) groups is 1. The molecule has 0 bridgehead atoms. The van der Waals surface area contributed by atoms with Crippen LogP contribution in [0.5, 0.6) is 11.5 Å². The molecule has 0 fully saturated rings. The second kappa shape index (κ2) is 12.1. The Bertz CT molecular complexity index is 1630. The minimum Gasteiger partial charge on any atom is -0.493 e. The first kappa shape index (κ1) is 28.4. The predicted octanol–water partition coefficient (Wildman–Crippen LogP) is 4.77. The third kappa shape index (κ3) is 6.02. The minimum atomic E-state index is -4.15. The molecule has 0 aliphatic carbocycles. The number of anilines is 1. The first-order valence-electron chi connectivity index (χ1n) is 12.5. The lowest BCUT2D eigenvalue weighted by atomic mass is 10.2. The number of ether oxygens (including phenoxy) is 2. The first-order chi connectivity index (χ1) is 19.1. The van der Waals surface area contributed by atoms with Crippen LogP contribution in [0.3, 0.4) is 0 Å². The van der Waals surface area contributed by atoms with E-state index in [-0.39, 0.29) is 10.6 Å². The average Bonchev–Trinajstić information content (AvgIpc) is 3.24. The molecule has 0 unspecified atom stereocenters. The Kier molecular flexibility index (Phi) is 8.59. The summed E-state index contributed by atoms with van der Waals surface area (Å²) in [6.07, 6.45) is 1.55. The van der Waals surface area contributed by atoms with Gasteiger partial charge in [0.05, 0.1) is 31.0 Å². The largest absolute Gasteiger partial charge is 0.493 e. The van der Waals surface area contributed by atoms with Gasteiger partial charge in [-0.25, -0.2) is 13.8 Å². The van der Waals surface area contributed by atoms with Gasteiger partial charge >= 0.3 is 0 Å². The Morgan fingerprint density at radius 1 is 0.925 bits per heavy atom. The van der Waals surface area contributed by atoms with Crippen LogP contribution in [0.1, 0.15) is 22.5 Å². The molecule has 0 radical (unpaired) electrons. The zero-order valence-corrected chi connectivity index (χ0v) is 23.9. The van der Waals surface area contributed by atoms with Crippen LogP contribution in [0.15, 0.2) is 88.9 Å². The third-order valence-corrected chi connectivity index (χ3v) is 8.20. The highest BCUT2D eigenvalue weighted by molar-refractivity contribution is 7.92. The molecule has 1 N–H and O–H groups in total. The van der Waals surface area contributed by atoms with Crippen molar-refractivity contribution in [2.75, 3.05) is 25.1 Å². The fourth-order valence-corrected chi connectivity index (χ4v) is 5.80. The van der Waals surface area contributed by atoms with Crippen molar-refractivity contribution < 1.29 is 22.7 Å². The van der Waals surface area contributed by atoms with Gasteiger partial charge in [0.2, 0.25) is 0 Å². The molecular formula is C30H32N4O5S. The van der Waals surface area contributed by atoms with Crippen LogP contribution < -0.4 is 19.2 Å². The van der Waals surface area contributed by atoms with Crippen LogP contribution in [0.4, 0.5) is 5.69 Å². The molecule has 10 heteroatoms. The number of hydrazone groups is 1. The van der Waals surface area contributed by atoms with E-state index in [9.17, 15) is 13.2 Å². The normalized spacial score (nSPS) is 11.4. The summed E-state index contributed by atoms with van der Waals surface area (Å²) in [7, 11) is -1.26. The lowest BCUT2D eigenvalue weighted by molar-refractivity contribution is -0.119. The van der Waals surface area contributed by atoms with Crippen LogP contribution in [0.25, 0.3) is 5.69 Å². The predicted molar refractivity (Wildman–Crippen MR) is 156 cm³/mol. The van der Waals surface area contributed by atoms with E-state index in [4.69, 9.17) is 9.47 Å². The zero-order chi connectivity index (χ0) is 28.9. The Labute approximate surface area is 234 Å². The number of aryl methyl sites for hydroxylation is 2. The van der Waals surface area contributed by atoms with E-state index >= 15 is 0 Å². The van der Waals surface area contributed by atoms with E-state index in [1.54, 1.807) is 30.5 Å². The van der Waals surface area contributed by atoms with E-state index in [0.717, 1.165) is 32.5 Å². The molecule has 4 rings (SSSR count). The van der Waals surface area contributed by atoms with Gasteiger partial charge in [0.1, 0.15) is 6.54 Å². The van der Waals surface area contributed by atoms with Gasteiger partial charge in [-0.1, -0.05) is 35.9 Å². The summed E-state index contributed by atoms with van der Waals surface area (Å²) in [5, 5.41) is 4.12. The maximum absolute atomic E-state index is 13.7. The van der Waals surface area contributed by atoms with Crippen molar-refractivity contribution in [2.24, 2.45) is 5.10 Å². The number of aromatic nitrogens is 1. The molecule has 40 heavy (non-hydrogen) atoms. The Morgan fingerprint density at radius 3 is 2.25 bits per heavy atom. The van der Waals surface area contributed by atoms with Crippen LogP contribution in [-0.2, 0) is 14.8 Å². The molecule has 0 spiro atoms. The Hall–Kier alpha value is -4.57. The Balaban J connectivity index is 1.58. The molecule has 1 amide bonds. The van der Waals surface area contributed by atoms with Crippen molar-refractivity contribution in [3.63, 3.8) is 0 Å². The van der Waals surface area contributed by atoms with Crippen molar-refractivity contribution in [3.8, 4) is 17.2 Å². The van der Waals surface area contributed by atoms with Gasteiger partial charge in [-0.3, -0.25) is 9.10 Å². The number of benzene rings is 3. The van der Waals surface area contributed by atoms with Gasteiger partial charge in [0.15, 0.2) is 11.5 Å². The quantitative estimate of drug-likeness (QED) is 0.223. The highest BCUT2D eigenvalue weighted by atomic mass is 32.2. The van der Waals surface area contributed by atoms with Crippen molar-refractivity contribution in [2.45, 2.75) is 25.7 Å². The summed E-state index contributed by atoms with van der Waals surface area (Å²) in [5.74, 6) is 0.0503. The molecule has 0 aliphatic heterocycles. The highest BCUT2D eigenvalue weighted by Gasteiger charge is 2.28. The molecular weight excluding hydrogens is 528 g/mol. The smallest absolute Gasteiger partial charge is 0.264 e. The van der Waals surface area contributed by atoms with E-state index in [1.165, 1.54) is 32.4 Å². The monoisotopic (exact) mass is 560 g/mol. The molecule has 0 saturated heterocycles. The summed E-state index contributed by atoms with van der Waals surface area (Å²) < 4.78 is 41.1. The van der Waals surface area contributed by atoms with Crippen LogP contribution in [0.2, 0.25) is 0 Å². The van der Waals surface area contributed by atoms with Crippen LogP contribution in [-0.4, -0.2) is 45.9 Å². The summed E-state index contributed by atoms with van der Waals surface area (Å²) in [6, 6.07) is 23.1. The molecule has 0 atom stereocenters.